The first-order valence-corrected chi connectivity index (χ1v) is 14.0. The maximum atomic E-state index is 14.4. The Hall–Kier alpha value is -3.63. The molecule has 0 heterocycles. The summed E-state index contributed by atoms with van der Waals surface area (Å²) in [5.74, 6) is -2.17. The molecule has 1 aromatic rings. The minimum absolute atomic E-state index is 0.00874. The van der Waals surface area contributed by atoms with E-state index in [4.69, 9.17) is 15.2 Å². The Balaban J connectivity index is 3.65. The summed E-state index contributed by atoms with van der Waals surface area (Å²) < 4.78 is 10.3. The molecule has 0 aromatic heterocycles. The first-order chi connectivity index (χ1) is 18.9. The molecule has 0 aliphatic rings. The Labute approximate surface area is 243 Å². The molecule has 11 nitrogen and oxygen atoms in total. The molecule has 0 spiro atoms. The fourth-order valence-corrected chi connectivity index (χ4v) is 4.31. The third-order valence-corrected chi connectivity index (χ3v) is 6.42. The van der Waals surface area contributed by atoms with Crippen LogP contribution in [-0.2, 0) is 28.7 Å². The Morgan fingerprint density at radius 1 is 0.951 bits per heavy atom. The van der Waals surface area contributed by atoms with Gasteiger partial charge in [0.1, 0.15) is 17.7 Å². The molecule has 2 unspecified atom stereocenters. The predicted octanol–water partition coefficient (Wildman–Crippen LogP) is 3.59. The van der Waals surface area contributed by atoms with E-state index in [1.165, 1.54) is 4.90 Å². The number of benzene rings is 1. The molecule has 0 fully saturated rings. The van der Waals surface area contributed by atoms with E-state index in [-0.39, 0.29) is 32.4 Å². The molecule has 4 N–H and O–H groups in total. The minimum Gasteiger partial charge on any atom is -0.466 e. The third kappa shape index (κ3) is 11.8. The lowest BCUT2D eigenvalue weighted by Gasteiger charge is -2.44. The smallest absolute Gasteiger partial charge is 0.408 e. The second kappa shape index (κ2) is 15.4. The number of esters is 1. The van der Waals surface area contributed by atoms with Crippen LogP contribution in [0.4, 0.5) is 4.79 Å². The first-order valence-electron chi connectivity index (χ1n) is 14.0. The highest BCUT2D eigenvalue weighted by Gasteiger charge is 2.43. The summed E-state index contributed by atoms with van der Waals surface area (Å²) in [6.45, 7) is 16.3. The first kappa shape index (κ1) is 35.4. The highest BCUT2D eigenvalue weighted by Crippen LogP contribution is 2.33. The summed E-state index contributed by atoms with van der Waals surface area (Å²) in [5, 5.41) is 5.37. The molecular weight excluding hydrogens is 528 g/mol. The summed E-state index contributed by atoms with van der Waals surface area (Å²) in [5.41, 5.74) is 6.03. The molecule has 0 aliphatic heterocycles. The number of alkyl carbamates (subject to hydrolysis) is 1. The molecule has 0 radical (unpaired) electrons. The van der Waals surface area contributed by atoms with Crippen LogP contribution >= 0.6 is 0 Å². The molecule has 0 saturated heterocycles. The largest absolute Gasteiger partial charge is 0.466 e. The Bertz CT molecular complexity index is 1070. The number of primary amides is 1. The minimum atomic E-state index is -1.20. The van der Waals surface area contributed by atoms with E-state index in [1.807, 2.05) is 52.8 Å². The van der Waals surface area contributed by atoms with Crippen molar-refractivity contribution in [3.05, 3.63) is 34.9 Å². The Morgan fingerprint density at radius 3 is 2.02 bits per heavy atom. The SMILES string of the molecule is CCOC(=O)CCNC(=O)C(c1cc(C)cc(C)c1)N(C(=O)C(CCC(N)=O)NC(=O)OC(C)(C)C)C(C)(C)CC. The normalized spacial score (nSPS) is 13.0. The van der Waals surface area contributed by atoms with E-state index >= 15 is 0 Å². The van der Waals surface area contributed by atoms with Gasteiger partial charge in [0.15, 0.2) is 0 Å². The van der Waals surface area contributed by atoms with Gasteiger partial charge in [-0.15, -0.1) is 0 Å². The molecule has 4 amide bonds. The van der Waals surface area contributed by atoms with E-state index in [2.05, 4.69) is 10.6 Å². The molecule has 0 bridgehead atoms. The van der Waals surface area contributed by atoms with Gasteiger partial charge < -0.3 is 30.7 Å². The molecule has 1 aromatic carbocycles. The van der Waals surface area contributed by atoms with E-state index in [1.54, 1.807) is 27.7 Å². The number of carbonyl (C=O) groups excluding carboxylic acids is 5. The van der Waals surface area contributed by atoms with E-state index in [9.17, 15) is 24.0 Å². The highest BCUT2D eigenvalue weighted by atomic mass is 16.6. The zero-order chi connectivity index (χ0) is 31.5. The van der Waals surface area contributed by atoms with Gasteiger partial charge in [0.05, 0.1) is 13.0 Å². The van der Waals surface area contributed by atoms with Gasteiger partial charge in [0.2, 0.25) is 17.7 Å². The van der Waals surface area contributed by atoms with Gasteiger partial charge in [-0.3, -0.25) is 19.2 Å². The zero-order valence-corrected chi connectivity index (χ0v) is 26.0. The fraction of sp³-hybridized carbons (Fsp3) is 0.633. The number of rotatable bonds is 14. The highest BCUT2D eigenvalue weighted by molar-refractivity contribution is 5.93. The molecule has 2 atom stereocenters. The lowest BCUT2D eigenvalue weighted by atomic mass is 9.90. The van der Waals surface area contributed by atoms with Crippen LogP contribution in [0.25, 0.3) is 0 Å². The molecule has 0 saturated carbocycles. The zero-order valence-electron chi connectivity index (χ0n) is 26.0. The number of ether oxygens (including phenoxy) is 2. The van der Waals surface area contributed by atoms with Crippen LogP contribution in [-0.4, -0.2) is 65.0 Å². The van der Waals surface area contributed by atoms with Crippen molar-refractivity contribution >= 4 is 29.8 Å². The molecule has 230 valence electrons. The van der Waals surface area contributed by atoms with Gasteiger partial charge in [-0.25, -0.2) is 4.79 Å². The van der Waals surface area contributed by atoms with Crippen LogP contribution in [0, 0.1) is 13.8 Å². The van der Waals surface area contributed by atoms with E-state index in [0.717, 1.165) is 11.1 Å². The van der Waals surface area contributed by atoms with Crippen LogP contribution in [0.5, 0.6) is 0 Å². The fourth-order valence-electron chi connectivity index (χ4n) is 4.31. The Kier molecular flexibility index (Phi) is 13.3. The lowest BCUT2D eigenvalue weighted by molar-refractivity contribution is -0.150. The van der Waals surface area contributed by atoms with Gasteiger partial charge >= 0.3 is 12.1 Å². The summed E-state index contributed by atoms with van der Waals surface area (Å²) in [6.07, 6.45) is -0.673. The van der Waals surface area contributed by atoms with Crippen LogP contribution in [0.15, 0.2) is 18.2 Å². The number of hydrogen-bond acceptors (Lipinski definition) is 7. The summed E-state index contributed by atoms with van der Waals surface area (Å²) >= 11 is 0. The summed E-state index contributed by atoms with van der Waals surface area (Å²) in [6, 6.07) is 3.29. The number of nitrogens with two attached hydrogens (primary N) is 1. The molecule has 1 rings (SSSR count). The average molecular weight is 577 g/mol. The maximum Gasteiger partial charge on any atom is 0.408 e. The number of carbonyl (C=O) groups is 5. The van der Waals surface area contributed by atoms with Crippen molar-refractivity contribution < 1.29 is 33.4 Å². The maximum absolute atomic E-state index is 14.4. The van der Waals surface area contributed by atoms with Crippen molar-refractivity contribution in [1.82, 2.24) is 15.5 Å². The number of nitrogens with zero attached hydrogens (tertiary/aromatic N) is 1. The monoisotopic (exact) mass is 576 g/mol. The summed E-state index contributed by atoms with van der Waals surface area (Å²) in [4.78, 5) is 66.0. The van der Waals surface area contributed by atoms with Crippen molar-refractivity contribution in [1.29, 1.82) is 0 Å². The van der Waals surface area contributed by atoms with Crippen molar-refractivity contribution in [3.63, 3.8) is 0 Å². The van der Waals surface area contributed by atoms with Gasteiger partial charge in [0.25, 0.3) is 0 Å². The van der Waals surface area contributed by atoms with E-state index in [0.29, 0.717) is 12.0 Å². The van der Waals surface area contributed by atoms with E-state index < -0.39 is 53.0 Å². The molecule has 41 heavy (non-hydrogen) atoms. The topological polar surface area (TPSA) is 157 Å². The molecule has 11 heteroatoms. The van der Waals surface area contributed by atoms with Crippen LogP contribution in [0.1, 0.15) is 96.9 Å². The predicted molar refractivity (Wildman–Crippen MR) is 156 cm³/mol. The van der Waals surface area contributed by atoms with Crippen molar-refractivity contribution in [2.75, 3.05) is 13.2 Å². The summed E-state index contributed by atoms with van der Waals surface area (Å²) in [7, 11) is 0. The van der Waals surface area contributed by atoms with Gasteiger partial charge in [-0.05, 0) is 73.8 Å². The number of nitrogens with one attached hydrogen (secondary N) is 2. The molecule has 0 aliphatic carbocycles. The average Bonchev–Trinajstić information content (AvgIpc) is 2.82. The number of aryl methyl sites for hydroxylation is 2. The third-order valence-electron chi connectivity index (χ3n) is 6.42. The van der Waals surface area contributed by atoms with Gasteiger partial charge in [-0.1, -0.05) is 36.2 Å². The van der Waals surface area contributed by atoms with Crippen LogP contribution < -0.4 is 16.4 Å². The number of amides is 4. The van der Waals surface area contributed by atoms with Crippen LogP contribution in [0.2, 0.25) is 0 Å². The van der Waals surface area contributed by atoms with Crippen LogP contribution in [0.3, 0.4) is 0 Å². The lowest BCUT2D eigenvalue weighted by Crippen LogP contribution is -2.59. The van der Waals surface area contributed by atoms with Crippen molar-refractivity contribution in [2.45, 2.75) is 111 Å². The Morgan fingerprint density at radius 2 is 1.54 bits per heavy atom. The standard InChI is InChI=1S/C30H48N4O7/c1-10-30(8,9)34(27(38)22(12-13-23(31)35)33-28(39)41-29(5,6)7)25(21-17-19(3)16-20(4)18-21)26(37)32-15-14-24(36)40-11-2/h16-18,22,25H,10-15H2,1-9H3,(H2,31,35)(H,32,37)(H,33,39). The second-order valence-electron chi connectivity index (χ2n) is 11.7. The van der Waals surface area contributed by atoms with Crippen molar-refractivity contribution in [3.8, 4) is 0 Å². The van der Waals surface area contributed by atoms with Crippen molar-refractivity contribution in [2.24, 2.45) is 5.73 Å². The van der Waals surface area contributed by atoms with Gasteiger partial charge in [0, 0.05) is 18.5 Å². The molecular formula is C30H48N4O7. The van der Waals surface area contributed by atoms with Gasteiger partial charge in [-0.2, -0.15) is 0 Å². The quantitative estimate of drug-likeness (QED) is 0.286. The number of hydrogen-bond donors (Lipinski definition) is 3. The second-order valence-corrected chi connectivity index (χ2v) is 11.7.